The van der Waals surface area contributed by atoms with Crippen LogP contribution >= 0.6 is 0 Å². The van der Waals surface area contributed by atoms with Gasteiger partial charge >= 0.3 is 0 Å². The van der Waals surface area contributed by atoms with Crippen LogP contribution in [0.25, 0.3) is 0 Å². The minimum absolute atomic E-state index is 0.330. The van der Waals surface area contributed by atoms with Crippen LogP contribution in [0.4, 0.5) is 0 Å². The van der Waals surface area contributed by atoms with E-state index < -0.39 is 0 Å². The van der Waals surface area contributed by atoms with E-state index in [0.717, 1.165) is 18.4 Å². The molecule has 0 aromatic heterocycles. The van der Waals surface area contributed by atoms with E-state index in [1.54, 1.807) is 0 Å². The molecule has 0 aromatic carbocycles. The molecule has 0 spiro atoms. The molecule has 0 aromatic rings. The molecule has 3 atom stereocenters. The molecule has 1 saturated carbocycles. The van der Waals surface area contributed by atoms with Crippen LogP contribution in [-0.4, -0.2) is 25.3 Å². The average molecular weight is 239 g/mol. The molecule has 1 aliphatic carbocycles. The normalized spacial score (nSPS) is 35.5. The Morgan fingerprint density at radius 3 is 2.65 bits per heavy atom. The van der Waals surface area contributed by atoms with Gasteiger partial charge in [-0.15, -0.1) is 0 Å². The maximum absolute atomic E-state index is 5.94. The van der Waals surface area contributed by atoms with E-state index in [2.05, 4.69) is 33.0 Å². The number of hydrogen-bond acceptors (Lipinski definition) is 2. The second-order valence-electron chi connectivity index (χ2n) is 6.49. The molecule has 2 fully saturated rings. The maximum Gasteiger partial charge on any atom is 0.0684 e. The third-order valence-corrected chi connectivity index (χ3v) is 5.11. The van der Waals surface area contributed by atoms with Crippen molar-refractivity contribution in [1.82, 2.24) is 5.32 Å². The fourth-order valence-corrected chi connectivity index (χ4v) is 3.81. The van der Waals surface area contributed by atoms with Gasteiger partial charge in [-0.3, -0.25) is 0 Å². The van der Waals surface area contributed by atoms with Crippen molar-refractivity contribution in [2.75, 3.05) is 13.2 Å². The van der Waals surface area contributed by atoms with Crippen LogP contribution in [0, 0.1) is 17.3 Å². The standard InChI is InChI=1S/C15H29NO/c1-5-11(6-2)10-16-13-12-8-7-9-17-14(12)15(13,3)4/h11-14,16H,5-10H2,1-4H3. The predicted octanol–water partition coefficient (Wildman–Crippen LogP) is 3.22. The van der Waals surface area contributed by atoms with Gasteiger partial charge in [0.2, 0.25) is 0 Å². The van der Waals surface area contributed by atoms with E-state index in [0.29, 0.717) is 17.6 Å². The van der Waals surface area contributed by atoms with Crippen molar-refractivity contribution in [2.45, 2.75) is 65.5 Å². The second kappa shape index (κ2) is 5.27. The van der Waals surface area contributed by atoms with Crippen LogP contribution in [-0.2, 0) is 4.74 Å². The van der Waals surface area contributed by atoms with Gasteiger partial charge in [0.15, 0.2) is 0 Å². The number of nitrogens with one attached hydrogen (secondary N) is 1. The highest BCUT2D eigenvalue weighted by molar-refractivity contribution is 5.10. The number of fused-ring (bicyclic) bond motifs is 1. The largest absolute Gasteiger partial charge is 0.377 e. The summed E-state index contributed by atoms with van der Waals surface area (Å²) >= 11 is 0. The molecule has 0 bridgehead atoms. The number of rotatable bonds is 5. The fraction of sp³-hybridized carbons (Fsp3) is 1.00. The minimum atomic E-state index is 0.330. The van der Waals surface area contributed by atoms with Crippen LogP contribution in [0.1, 0.15) is 53.4 Å². The SMILES string of the molecule is CCC(CC)CNC1C2CCCOC2C1(C)C. The van der Waals surface area contributed by atoms with Gasteiger partial charge in [0.05, 0.1) is 6.10 Å². The summed E-state index contributed by atoms with van der Waals surface area (Å²) in [5.74, 6) is 1.61. The van der Waals surface area contributed by atoms with Gasteiger partial charge in [-0.1, -0.05) is 40.5 Å². The molecule has 2 rings (SSSR count). The average Bonchev–Trinajstić information content (AvgIpc) is 2.34. The van der Waals surface area contributed by atoms with Gasteiger partial charge in [-0.2, -0.15) is 0 Å². The first-order valence-corrected chi connectivity index (χ1v) is 7.46. The van der Waals surface area contributed by atoms with E-state index >= 15 is 0 Å². The van der Waals surface area contributed by atoms with Gasteiger partial charge in [-0.05, 0) is 25.3 Å². The Morgan fingerprint density at radius 1 is 1.29 bits per heavy atom. The molecule has 2 nitrogen and oxygen atoms in total. The van der Waals surface area contributed by atoms with E-state index in [-0.39, 0.29) is 0 Å². The number of hydrogen-bond donors (Lipinski definition) is 1. The van der Waals surface area contributed by atoms with E-state index in [1.807, 2.05) is 0 Å². The third-order valence-electron chi connectivity index (χ3n) is 5.11. The van der Waals surface area contributed by atoms with Crippen molar-refractivity contribution in [3.63, 3.8) is 0 Å². The Hall–Kier alpha value is -0.0800. The Morgan fingerprint density at radius 2 is 2.00 bits per heavy atom. The Balaban J connectivity index is 1.87. The molecule has 0 radical (unpaired) electrons. The van der Waals surface area contributed by atoms with Crippen LogP contribution in [0.2, 0.25) is 0 Å². The lowest BCUT2D eigenvalue weighted by Gasteiger charge is -2.60. The first-order valence-electron chi connectivity index (χ1n) is 7.46. The van der Waals surface area contributed by atoms with Crippen molar-refractivity contribution in [3.05, 3.63) is 0 Å². The lowest BCUT2D eigenvalue weighted by atomic mass is 9.55. The van der Waals surface area contributed by atoms with Gasteiger partial charge < -0.3 is 10.1 Å². The zero-order valence-electron chi connectivity index (χ0n) is 12.0. The van der Waals surface area contributed by atoms with E-state index in [9.17, 15) is 0 Å². The zero-order valence-corrected chi connectivity index (χ0v) is 12.0. The van der Waals surface area contributed by atoms with Crippen molar-refractivity contribution in [3.8, 4) is 0 Å². The Bertz CT molecular complexity index is 247. The highest BCUT2D eigenvalue weighted by Gasteiger charge is 2.57. The first-order chi connectivity index (χ1) is 8.11. The van der Waals surface area contributed by atoms with Crippen molar-refractivity contribution in [2.24, 2.45) is 17.3 Å². The van der Waals surface area contributed by atoms with Gasteiger partial charge in [-0.25, -0.2) is 0 Å². The molecule has 0 amide bonds. The minimum Gasteiger partial charge on any atom is -0.377 e. The molecule has 100 valence electrons. The van der Waals surface area contributed by atoms with Crippen LogP contribution < -0.4 is 5.32 Å². The lowest BCUT2D eigenvalue weighted by molar-refractivity contribution is -0.192. The fourth-order valence-electron chi connectivity index (χ4n) is 3.81. The summed E-state index contributed by atoms with van der Waals surface area (Å²) in [4.78, 5) is 0. The first kappa shape index (κ1) is 13.4. The summed E-state index contributed by atoms with van der Waals surface area (Å²) in [5, 5.41) is 3.83. The maximum atomic E-state index is 5.94. The van der Waals surface area contributed by atoms with E-state index in [1.165, 1.54) is 32.2 Å². The third kappa shape index (κ3) is 2.39. The van der Waals surface area contributed by atoms with Crippen molar-refractivity contribution in [1.29, 1.82) is 0 Å². The molecule has 3 unspecified atom stereocenters. The van der Waals surface area contributed by atoms with Gasteiger partial charge in [0.25, 0.3) is 0 Å². The molecular weight excluding hydrogens is 210 g/mol. The predicted molar refractivity (Wildman–Crippen MR) is 72.1 cm³/mol. The Labute approximate surface area is 107 Å². The Kier molecular flexibility index (Phi) is 4.14. The van der Waals surface area contributed by atoms with Crippen LogP contribution in [0.3, 0.4) is 0 Å². The number of ether oxygens (including phenoxy) is 1. The molecule has 2 heteroatoms. The molecule has 1 saturated heterocycles. The summed E-state index contributed by atoms with van der Waals surface area (Å²) in [6, 6.07) is 0.674. The van der Waals surface area contributed by atoms with Crippen LogP contribution in [0.15, 0.2) is 0 Å². The molecule has 1 N–H and O–H groups in total. The topological polar surface area (TPSA) is 21.3 Å². The zero-order chi connectivity index (χ0) is 12.5. The van der Waals surface area contributed by atoms with Gasteiger partial charge in [0.1, 0.15) is 0 Å². The quantitative estimate of drug-likeness (QED) is 0.795. The molecule has 2 aliphatic rings. The summed E-state index contributed by atoms with van der Waals surface area (Å²) in [7, 11) is 0. The van der Waals surface area contributed by atoms with E-state index in [4.69, 9.17) is 4.74 Å². The lowest BCUT2D eigenvalue weighted by Crippen LogP contribution is -2.69. The van der Waals surface area contributed by atoms with Crippen LogP contribution in [0.5, 0.6) is 0 Å². The molecule has 17 heavy (non-hydrogen) atoms. The highest BCUT2D eigenvalue weighted by Crippen LogP contribution is 2.51. The van der Waals surface area contributed by atoms with Crippen molar-refractivity contribution >= 4 is 0 Å². The smallest absolute Gasteiger partial charge is 0.0684 e. The summed E-state index contributed by atoms with van der Waals surface area (Å²) in [6.45, 7) is 11.5. The summed E-state index contributed by atoms with van der Waals surface area (Å²) < 4.78 is 5.94. The molecule has 1 aliphatic heterocycles. The monoisotopic (exact) mass is 239 g/mol. The molecule has 1 heterocycles. The highest BCUT2D eigenvalue weighted by atomic mass is 16.5. The summed E-state index contributed by atoms with van der Waals surface area (Å²) in [5.41, 5.74) is 0.330. The summed E-state index contributed by atoms with van der Waals surface area (Å²) in [6.07, 6.45) is 5.70. The molecular formula is C15H29NO. The van der Waals surface area contributed by atoms with Crippen molar-refractivity contribution < 1.29 is 4.74 Å². The van der Waals surface area contributed by atoms with Gasteiger partial charge in [0, 0.05) is 24.0 Å². The second-order valence-corrected chi connectivity index (χ2v) is 6.49.